The fourth-order valence-electron chi connectivity index (χ4n) is 2.23. The Morgan fingerprint density at radius 3 is 2.55 bits per heavy atom. The van der Waals surface area contributed by atoms with Crippen molar-refractivity contribution in [3.8, 4) is 0 Å². The van der Waals surface area contributed by atoms with E-state index in [1.807, 2.05) is 17.8 Å². The van der Waals surface area contributed by atoms with Gasteiger partial charge in [0.25, 0.3) is 0 Å². The zero-order chi connectivity index (χ0) is 14.5. The van der Waals surface area contributed by atoms with E-state index in [0.29, 0.717) is 0 Å². The van der Waals surface area contributed by atoms with E-state index in [4.69, 9.17) is 0 Å². The van der Waals surface area contributed by atoms with E-state index in [1.54, 1.807) is 12.4 Å². The van der Waals surface area contributed by atoms with Gasteiger partial charge in [0.1, 0.15) is 5.82 Å². The summed E-state index contributed by atoms with van der Waals surface area (Å²) in [5.74, 6) is 0.820. The molecule has 0 fully saturated rings. The normalized spacial score (nSPS) is 12.6. The second-order valence-electron chi connectivity index (χ2n) is 4.61. The van der Waals surface area contributed by atoms with Crippen LogP contribution in [0.3, 0.4) is 0 Å². The Morgan fingerprint density at radius 1 is 1.30 bits per heavy atom. The summed E-state index contributed by atoms with van der Waals surface area (Å²) in [5, 5.41) is 7.98. The van der Waals surface area contributed by atoms with Crippen LogP contribution in [0, 0.1) is 0 Å². The Bertz CT molecular complexity index is 552. The van der Waals surface area contributed by atoms with Crippen LogP contribution in [0.4, 0.5) is 0 Å². The van der Waals surface area contributed by atoms with Gasteiger partial charge in [0.15, 0.2) is 0 Å². The maximum atomic E-state index is 4.54. The molecule has 0 aliphatic rings. The first-order chi connectivity index (χ1) is 9.67. The van der Waals surface area contributed by atoms with Crippen LogP contribution in [0.1, 0.15) is 37.1 Å². The smallest absolute Gasteiger partial charge is 0.145 e. The highest BCUT2D eigenvalue weighted by atomic mass is 79.9. The lowest BCUT2D eigenvalue weighted by Gasteiger charge is -2.16. The van der Waals surface area contributed by atoms with Crippen molar-refractivity contribution in [1.82, 2.24) is 25.1 Å². The van der Waals surface area contributed by atoms with Crippen LogP contribution in [0.15, 0.2) is 22.9 Å². The molecule has 1 unspecified atom stereocenters. The quantitative estimate of drug-likeness (QED) is 0.879. The van der Waals surface area contributed by atoms with Crippen LogP contribution in [-0.2, 0) is 19.9 Å². The number of halogens is 1. The molecule has 0 saturated carbocycles. The summed E-state index contributed by atoms with van der Waals surface area (Å²) >= 11 is 3.66. The van der Waals surface area contributed by atoms with Crippen molar-refractivity contribution in [3.05, 3.63) is 40.1 Å². The van der Waals surface area contributed by atoms with E-state index < -0.39 is 0 Å². The van der Waals surface area contributed by atoms with Crippen LogP contribution in [0.2, 0.25) is 0 Å². The molecule has 6 heteroatoms. The number of rotatable bonds is 6. The van der Waals surface area contributed by atoms with Gasteiger partial charge in [-0.05, 0) is 35.0 Å². The molecule has 1 N–H and O–H groups in total. The van der Waals surface area contributed by atoms with E-state index in [2.05, 4.69) is 50.2 Å². The van der Waals surface area contributed by atoms with Gasteiger partial charge in [0.2, 0.25) is 0 Å². The van der Waals surface area contributed by atoms with Crippen molar-refractivity contribution < 1.29 is 0 Å². The topological polar surface area (TPSA) is 55.6 Å². The molecule has 0 amide bonds. The molecule has 0 aliphatic carbocycles. The van der Waals surface area contributed by atoms with Crippen molar-refractivity contribution in [2.24, 2.45) is 7.05 Å². The largest absolute Gasteiger partial charge is 0.307 e. The van der Waals surface area contributed by atoms with Crippen LogP contribution >= 0.6 is 15.9 Å². The Balaban J connectivity index is 2.27. The Morgan fingerprint density at radius 2 is 2.00 bits per heavy atom. The molecule has 0 aromatic carbocycles. The van der Waals surface area contributed by atoms with Crippen LogP contribution in [0.25, 0.3) is 0 Å². The highest BCUT2D eigenvalue weighted by Crippen LogP contribution is 2.25. The average molecular weight is 338 g/mol. The number of hydrogen-bond acceptors (Lipinski definition) is 4. The Kier molecular flexibility index (Phi) is 5.25. The van der Waals surface area contributed by atoms with Gasteiger partial charge in [0.05, 0.1) is 21.9 Å². The predicted octanol–water partition coefficient (Wildman–Crippen LogP) is 2.43. The number of aromatic nitrogens is 4. The summed E-state index contributed by atoms with van der Waals surface area (Å²) < 4.78 is 3.04. The zero-order valence-electron chi connectivity index (χ0n) is 12.1. The van der Waals surface area contributed by atoms with Gasteiger partial charge in [-0.25, -0.2) is 9.97 Å². The lowest BCUT2D eigenvalue weighted by Crippen LogP contribution is -2.25. The van der Waals surface area contributed by atoms with Gasteiger partial charge in [-0.1, -0.05) is 13.8 Å². The van der Waals surface area contributed by atoms with Crippen LogP contribution in [-0.4, -0.2) is 26.3 Å². The minimum Gasteiger partial charge on any atom is -0.307 e. The Labute approximate surface area is 128 Å². The highest BCUT2D eigenvalue weighted by Gasteiger charge is 2.20. The molecular formula is C14H20BrN5. The maximum absolute atomic E-state index is 4.54. The van der Waals surface area contributed by atoms with Crippen molar-refractivity contribution in [2.75, 3.05) is 6.54 Å². The number of hydrogen-bond donors (Lipinski definition) is 1. The fourth-order valence-corrected chi connectivity index (χ4v) is 3.00. The first kappa shape index (κ1) is 15.1. The molecule has 0 bridgehead atoms. The van der Waals surface area contributed by atoms with Gasteiger partial charge in [-0.3, -0.25) is 4.68 Å². The Hall–Kier alpha value is -1.27. The third kappa shape index (κ3) is 3.24. The number of aryl methyl sites for hydroxylation is 2. The van der Waals surface area contributed by atoms with E-state index >= 15 is 0 Å². The molecule has 0 spiro atoms. The number of nitrogens with one attached hydrogen (secondary N) is 1. The van der Waals surface area contributed by atoms with Crippen LogP contribution < -0.4 is 5.32 Å². The second kappa shape index (κ2) is 6.95. The van der Waals surface area contributed by atoms with Crippen LogP contribution in [0.5, 0.6) is 0 Å². The lowest BCUT2D eigenvalue weighted by molar-refractivity contribution is 0.503. The maximum Gasteiger partial charge on any atom is 0.145 e. The summed E-state index contributed by atoms with van der Waals surface area (Å²) in [6.07, 6.45) is 5.29. The standard InChI is InChI=1S/C14H20BrN5/c1-4-10-13(15)12(20(3)19-10)9-11(16-5-2)14-17-7-6-8-18-14/h6-8,11,16H,4-5,9H2,1-3H3. The lowest BCUT2D eigenvalue weighted by atomic mass is 10.1. The molecule has 0 saturated heterocycles. The van der Waals surface area contributed by atoms with E-state index in [-0.39, 0.29) is 6.04 Å². The fraction of sp³-hybridized carbons (Fsp3) is 0.500. The van der Waals surface area contributed by atoms with Crippen molar-refractivity contribution in [2.45, 2.75) is 32.7 Å². The number of likely N-dealkylation sites (N-methyl/N-ethyl adjacent to an activating group) is 1. The molecule has 20 heavy (non-hydrogen) atoms. The van der Waals surface area contributed by atoms with Gasteiger partial charge in [0, 0.05) is 25.9 Å². The molecule has 1 atom stereocenters. The first-order valence-corrected chi connectivity index (χ1v) is 7.67. The summed E-state index contributed by atoms with van der Waals surface area (Å²) in [7, 11) is 1.98. The zero-order valence-corrected chi connectivity index (χ0v) is 13.7. The summed E-state index contributed by atoms with van der Waals surface area (Å²) in [6.45, 7) is 5.07. The molecule has 2 rings (SSSR count). The van der Waals surface area contributed by atoms with E-state index in [0.717, 1.165) is 35.4 Å². The average Bonchev–Trinajstić information content (AvgIpc) is 2.75. The van der Waals surface area contributed by atoms with Gasteiger partial charge >= 0.3 is 0 Å². The molecule has 2 aromatic heterocycles. The van der Waals surface area contributed by atoms with E-state index in [1.165, 1.54) is 5.69 Å². The molecular weight excluding hydrogens is 318 g/mol. The summed E-state index contributed by atoms with van der Waals surface area (Å²) in [4.78, 5) is 8.72. The predicted molar refractivity (Wildman–Crippen MR) is 82.4 cm³/mol. The van der Waals surface area contributed by atoms with Gasteiger partial charge in [-0.2, -0.15) is 5.10 Å². The molecule has 5 nitrogen and oxygen atoms in total. The molecule has 2 heterocycles. The molecule has 0 radical (unpaired) electrons. The molecule has 0 aliphatic heterocycles. The second-order valence-corrected chi connectivity index (χ2v) is 5.40. The van der Waals surface area contributed by atoms with Crippen molar-refractivity contribution >= 4 is 15.9 Å². The third-order valence-corrected chi connectivity index (χ3v) is 4.16. The SMILES string of the molecule is CCNC(Cc1c(Br)c(CC)nn1C)c1ncccn1. The first-order valence-electron chi connectivity index (χ1n) is 6.87. The minimum atomic E-state index is 0.0950. The van der Waals surface area contributed by atoms with Crippen molar-refractivity contribution in [1.29, 1.82) is 0 Å². The van der Waals surface area contributed by atoms with Gasteiger partial charge in [-0.15, -0.1) is 0 Å². The number of nitrogens with zero attached hydrogens (tertiary/aromatic N) is 4. The highest BCUT2D eigenvalue weighted by molar-refractivity contribution is 9.10. The molecule has 2 aromatic rings. The van der Waals surface area contributed by atoms with Crippen molar-refractivity contribution in [3.63, 3.8) is 0 Å². The minimum absolute atomic E-state index is 0.0950. The van der Waals surface area contributed by atoms with E-state index in [9.17, 15) is 0 Å². The third-order valence-electron chi connectivity index (χ3n) is 3.25. The molecule has 108 valence electrons. The summed E-state index contributed by atoms with van der Waals surface area (Å²) in [6, 6.07) is 1.93. The monoisotopic (exact) mass is 337 g/mol. The summed E-state index contributed by atoms with van der Waals surface area (Å²) in [5.41, 5.74) is 2.26. The van der Waals surface area contributed by atoms with Gasteiger partial charge < -0.3 is 5.32 Å².